The van der Waals surface area contributed by atoms with Crippen LogP contribution in [0.5, 0.6) is 0 Å². The van der Waals surface area contributed by atoms with Crippen molar-refractivity contribution >= 4 is 22.0 Å². The summed E-state index contributed by atoms with van der Waals surface area (Å²) in [5.41, 5.74) is 2.29. The minimum absolute atomic E-state index is 0.0828. The molecule has 1 aliphatic rings. The number of benzene rings is 1. The van der Waals surface area contributed by atoms with Gasteiger partial charge in [0, 0.05) is 24.0 Å². The monoisotopic (exact) mass is 306 g/mol. The molecule has 1 aromatic carbocycles. The van der Waals surface area contributed by atoms with Gasteiger partial charge in [0.15, 0.2) is 0 Å². The fourth-order valence-corrected chi connectivity index (χ4v) is 2.92. The summed E-state index contributed by atoms with van der Waals surface area (Å²) >= 11 is 0. The first kappa shape index (κ1) is 15.3. The predicted octanol–water partition coefficient (Wildman–Crippen LogP) is 2.02. The van der Waals surface area contributed by atoms with Crippen molar-refractivity contribution in [3.63, 3.8) is 0 Å². The largest absolute Gasteiger partial charge is 0.381 e. The first-order chi connectivity index (χ1) is 10.0. The second-order valence-electron chi connectivity index (χ2n) is 4.67. The molecule has 0 saturated heterocycles. The molecule has 0 radical (unpaired) electrons. The lowest BCUT2D eigenvalue weighted by molar-refractivity contribution is 0.112. The molecular formula is C15H18N2O3S. The van der Waals surface area contributed by atoms with Crippen molar-refractivity contribution in [2.75, 3.05) is 24.2 Å². The van der Waals surface area contributed by atoms with Crippen molar-refractivity contribution in [3.05, 3.63) is 53.8 Å². The first-order valence-corrected chi connectivity index (χ1v) is 8.32. The molecule has 0 bridgehead atoms. The van der Waals surface area contributed by atoms with Crippen LogP contribution in [-0.2, 0) is 10.0 Å². The van der Waals surface area contributed by atoms with Crippen molar-refractivity contribution in [2.45, 2.75) is 6.92 Å². The Morgan fingerprint density at radius 2 is 2.19 bits per heavy atom. The third-order valence-corrected chi connectivity index (χ3v) is 4.87. The fraction of sp³-hybridized carbons (Fsp3) is 0.267. The number of nitrogens with one attached hydrogen (secondary N) is 1. The number of sulfonamides is 1. The first-order valence-electron chi connectivity index (χ1n) is 6.71. The second kappa shape index (κ2) is 6.58. The van der Waals surface area contributed by atoms with E-state index in [1.54, 1.807) is 31.3 Å². The van der Waals surface area contributed by atoms with Gasteiger partial charge in [-0.3, -0.25) is 9.10 Å². The average molecular weight is 306 g/mol. The molecule has 1 aromatic rings. The number of carbonyl (C=O) groups is 1. The van der Waals surface area contributed by atoms with Crippen LogP contribution in [0, 0.1) is 0 Å². The van der Waals surface area contributed by atoms with Crippen molar-refractivity contribution in [1.29, 1.82) is 0 Å². The number of nitrogens with zero attached hydrogens (tertiary/aromatic N) is 1. The van der Waals surface area contributed by atoms with Crippen molar-refractivity contribution < 1.29 is 13.2 Å². The van der Waals surface area contributed by atoms with Crippen LogP contribution in [0.4, 0.5) is 5.69 Å². The summed E-state index contributed by atoms with van der Waals surface area (Å²) in [6.07, 6.45) is 6.17. The number of hydrogen-bond donors (Lipinski definition) is 1. The Balaban J connectivity index is 2.05. The molecule has 2 rings (SSSR count). The van der Waals surface area contributed by atoms with E-state index < -0.39 is 10.0 Å². The third kappa shape index (κ3) is 3.95. The van der Waals surface area contributed by atoms with Crippen molar-refractivity contribution in [2.24, 2.45) is 0 Å². The van der Waals surface area contributed by atoms with Gasteiger partial charge in [-0.2, -0.15) is 0 Å². The maximum absolute atomic E-state index is 11.8. The number of anilines is 1. The number of carbonyl (C=O) groups excluding carboxylic acids is 1. The average Bonchev–Trinajstić information content (AvgIpc) is 2.53. The molecule has 0 fully saturated rings. The summed E-state index contributed by atoms with van der Waals surface area (Å²) in [7, 11) is -3.22. The highest BCUT2D eigenvalue weighted by atomic mass is 32.2. The Labute approximate surface area is 125 Å². The number of aldehydes is 1. The summed E-state index contributed by atoms with van der Waals surface area (Å²) in [4.78, 5) is 10.7. The molecule has 1 aliphatic heterocycles. The van der Waals surface area contributed by atoms with Crippen LogP contribution < -0.4 is 5.32 Å². The SMILES string of the molecule is CCS(=O)(=O)N1C=C(CNc2cccc(C=O)c2)C=CC1. The standard InChI is InChI=1S/C15H18N2O3S/c1-2-21(19,20)17-8-4-6-14(11-17)10-16-15-7-3-5-13(9-15)12-18/h3-7,9,11-12,16H,2,8,10H2,1H3. The van der Waals surface area contributed by atoms with Gasteiger partial charge in [-0.05, 0) is 24.6 Å². The molecule has 6 heteroatoms. The molecule has 0 saturated carbocycles. The van der Waals surface area contributed by atoms with Gasteiger partial charge >= 0.3 is 0 Å². The molecule has 0 aromatic heterocycles. The maximum atomic E-state index is 11.8. The molecule has 0 amide bonds. The lowest BCUT2D eigenvalue weighted by Gasteiger charge is -2.22. The van der Waals surface area contributed by atoms with Crippen LogP contribution in [0.1, 0.15) is 17.3 Å². The Bertz CT molecular complexity index is 678. The van der Waals surface area contributed by atoms with Crippen LogP contribution in [0.2, 0.25) is 0 Å². The van der Waals surface area contributed by atoms with Crippen molar-refractivity contribution in [1.82, 2.24) is 4.31 Å². The summed E-state index contributed by atoms with van der Waals surface area (Å²) in [5.74, 6) is 0.0828. The predicted molar refractivity (Wildman–Crippen MR) is 83.7 cm³/mol. The van der Waals surface area contributed by atoms with Gasteiger partial charge in [0.2, 0.25) is 10.0 Å². The lowest BCUT2D eigenvalue weighted by Crippen LogP contribution is -2.30. The van der Waals surface area contributed by atoms with E-state index in [-0.39, 0.29) is 5.75 Å². The zero-order valence-corrected chi connectivity index (χ0v) is 12.6. The molecule has 112 valence electrons. The van der Waals surface area contributed by atoms with E-state index >= 15 is 0 Å². The minimum Gasteiger partial charge on any atom is -0.381 e. The highest BCUT2D eigenvalue weighted by Crippen LogP contribution is 2.14. The fourth-order valence-electron chi connectivity index (χ4n) is 1.98. The molecule has 1 N–H and O–H groups in total. The molecule has 0 aliphatic carbocycles. The minimum atomic E-state index is -3.22. The van der Waals surface area contributed by atoms with E-state index in [1.807, 2.05) is 18.2 Å². The molecule has 21 heavy (non-hydrogen) atoms. The molecule has 0 spiro atoms. The van der Waals surface area contributed by atoms with E-state index in [2.05, 4.69) is 5.32 Å². The van der Waals surface area contributed by atoms with Crippen molar-refractivity contribution in [3.8, 4) is 0 Å². The molecule has 0 atom stereocenters. The zero-order valence-electron chi connectivity index (χ0n) is 11.8. The van der Waals surface area contributed by atoms with Gasteiger partial charge in [-0.25, -0.2) is 8.42 Å². The Morgan fingerprint density at radius 1 is 1.38 bits per heavy atom. The van der Waals surface area contributed by atoms with Gasteiger partial charge in [0.05, 0.1) is 12.3 Å². The summed E-state index contributed by atoms with van der Waals surface area (Å²) in [6.45, 7) is 2.50. The Hall–Kier alpha value is -2.08. The van der Waals surface area contributed by atoms with E-state index in [0.29, 0.717) is 18.7 Å². The van der Waals surface area contributed by atoms with Gasteiger partial charge in [-0.15, -0.1) is 0 Å². The number of rotatable bonds is 6. The van der Waals surface area contributed by atoms with Crippen LogP contribution >= 0.6 is 0 Å². The van der Waals surface area contributed by atoms with Crippen LogP contribution in [0.3, 0.4) is 0 Å². The number of hydrogen-bond acceptors (Lipinski definition) is 4. The molecule has 0 unspecified atom stereocenters. The molecule has 5 nitrogen and oxygen atoms in total. The normalized spacial score (nSPS) is 14.7. The van der Waals surface area contributed by atoms with Gasteiger partial charge in [-0.1, -0.05) is 24.3 Å². The van der Waals surface area contributed by atoms with E-state index in [0.717, 1.165) is 17.5 Å². The highest BCUT2D eigenvalue weighted by molar-refractivity contribution is 7.89. The third-order valence-electron chi connectivity index (χ3n) is 3.17. The summed E-state index contributed by atoms with van der Waals surface area (Å²) in [6, 6.07) is 7.14. The van der Waals surface area contributed by atoms with Crippen LogP contribution in [0.15, 0.2) is 48.2 Å². The summed E-state index contributed by atoms with van der Waals surface area (Å²) in [5, 5.41) is 3.18. The lowest BCUT2D eigenvalue weighted by atomic mass is 10.2. The van der Waals surface area contributed by atoms with Gasteiger partial charge in [0.1, 0.15) is 6.29 Å². The molecule has 1 heterocycles. The highest BCUT2D eigenvalue weighted by Gasteiger charge is 2.17. The van der Waals surface area contributed by atoms with Gasteiger partial charge in [0.25, 0.3) is 0 Å². The topological polar surface area (TPSA) is 66.5 Å². The Morgan fingerprint density at radius 3 is 2.90 bits per heavy atom. The smallest absolute Gasteiger partial charge is 0.234 e. The second-order valence-corrected chi connectivity index (χ2v) is 6.88. The van der Waals surface area contributed by atoms with E-state index in [9.17, 15) is 13.2 Å². The van der Waals surface area contributed by atoms with E-state index in [4.69, 9.17) is 0 Å². The van der Waals surface area contributed by atoms with Crippen LogP contribution in [-0.4, -0.2) is 37.9 Å². The zero-order chi connectivity index (χ0) is 15.3. The van der Waals surface area contributed by atoms with E-state index in [1.165, 1.54) is 4.31 Å². The maximum Gasteiger partial charge on any atom is 0.234 e. The molecular weight excluding hydrogens is 288 g/mol. The Kier molecular flexibility index (Phi) is 4.80. The summed E-state index contributed by atoms with van der Waals surface area (Å²) < 4.78 is 25.0. The van der Waals surface area contributed by atoms with Crippen LogP contribution in [0.25, 0.3) is 0 Å². The quantitative estimate of drug-likeness (QED) is 0.817. The van der Waals surface area contributed by atoms with Gasteiger partial charge < -0.3 is 5.32 Å².